The molecule has 6 rings (SSSR count). The van der Waals surface area contributed by atoms with Gasteiger partial charge in [-0.25, -0.2) is 0 Å². The summed E-state index contributed by atoms with van der Waals surface area (Å²) in [7, 11) is 0. The zero-order valence-electron chi connectivity index (χ0n) is 16.7. The van der Waals surface area contributed by atoms with Gasteiger partial charge in [-0.3, -0.25) is 19.3 Å². The Morgan fingerprint density at radius 3 is 2.35 bits per heavy atom. The number of anilines is 1. The van der Waals surface area contributed by atoms with Gasteiger partial charge in [0.15, 0.2) is 5.78 Å². The SMILES string of the molecule is CC(=O)c1ccc(N2C(=O)[C@@H]3[C@H]4C[C@@H]([C@@H]5C(c6ccccc6Cl)=NO[C@@H]45)[C@@H]3C2=O)cc1. The van der Waals surface area contributed by atoms with E-state index in [1.54, 1.807) is 24.3 Å². The second-order valence-electron chi connectivity index (χ2n) is 8.78. The van der Waals surface area contributed by atoms with Gasteiger partial charge in [0.2, 0.25) is 11.8 Å². The molecule has 4 aliphatic rings. The minimum atomic E-state index is -0.382. The first-order valence-corrected chi connectivity index (χ1v) is 10.8. The Hall–Kier alpha value is -2.99. The Labute approximate surface area is 183 Å². The maximum absolute atomic E-state index is 13.4. The van der Waals surface area contributed by atoms with Crippen LogP contribution in [0.25, 0.3) is 0 Å². The van der Waals surface area contributed by atoms with Gasteiger partial charge in [0.1, 0.15) is 6.10 Å². The fourth-order valence-electron chi connectivity index (χ4n) is 6.12. The van der Waals surface area contributed by atoms with E-state index in [0.29, 0.717) is 16.3 Å². The summed E-state index contributed by atoms with van der Waals surface area (Å²) in [5.41, 5.74) is 2.67. The predicted molar refractivity (Wildman–Crippen MR) is 114 cm³/mol. The molecule has 0 aromatic heterocycles. The van der Waals surface area contributed by atoms with Crippen LogP contribution in [0.2, 0.25) is 5.02 Å². The molecular formula is C24H19ClN2O4. The number of carbonyl (C=O) groups is 3. The first-order chi connectivity index (χ1) is 15.0. The first kappa shape index (κ1) is 18.8. The zero-order valence-corrected chi connectivity index (χ0v) is 17.5. The van der Waals surface area contributed by atoms with E-state index in [0.717, 1.165) is 17.7 Å². The molecule has 31 heavy (non-hydrogen) atoms. The highest BCUT2D eigenvalue weighted by Crippen LogP contribution is 2.62. The molecule has 0 radical (unpaired) electrons. The highest BCUT2D eigenvalue weighted by molar-refractivity contribution is 6.34. The number of carbonyl (C=O) groups excluding carboxylic acids is 3. The van der Waals surface area contributed by atoms with E-state index in [-0.39, 0.29) is 53.3 Å². The molecular weight excluding hydrogens is 416 g/mol. The molecule has 3 fully saturated rings. The fraction of sp³-hybridized carbons (Fsp3) is 0.333. The molecule has 2 aromatic rings. The van der Waals surface area contributed by atoms with Gasteiger partial charge in [-0.05, 0) is 49.6 Å². The van der Waals surface area contributed by atoms with E-state index in [1.165, 1.54) is 11.8 Å². The van der Waals surface area contributed by atoms with Crippen LogP contribution in [-0.4, -0.2) is 29.4 Å². The zero-order chi connectivity index (χ0) is 21.4. The van der Waals surface area contributed by atoms with Crippen molar-refractivity contribution in [3.63, 3.8) is 0 Å². The number of imide groups is 1. The molecule has 2 bridgehead atoms. The summed E-state index contributed by atoms with van der Waals surface area (Å²) in [6.45, 7) is 1.49. The molecule has 2 saturated carbocycles. The maximum Gasteiger partial charge on any atom is 0.238 e. The van der Waals surface area contributed by atoms with Crippen LogP contribution in [0.5, 0.6) is 0 Å². The van der Waals surface area contributed by atoms with Gasteiger partial charge in [-0.1, -0.05) is 35.0 Å². The number of ketones is 1. The minimum absolute atomic E-state index is 0.00420. The molecule has 2 aliphatic heterocycles. The van der Waals surface area contributed by atoms with Crippen molar-refractivity contribution in [2.45, 2.75) is 19.4 Å². The van der Waals surface area contributed by atoms with Gasteiger partial charge >= 0.3 is 0 Å². The van der Waals surface area contributed by atoms with Gasteiger partial charge in [0.25, 0.3) is 0 Å². The summed E-state index contributed by atoms with van der Waals surface area (Å²) in [5.74, 6) is -1.24. The number of oxime groups is 1. The molecule has 7 heteroatoms. The van der Waals surface area contributed by atoms with Crippen LogP contribution in [0.4, 0.5) is 5.69 Å². The van der Waals surface area contributed by atoms with Crippen LogP contribution in [0, 0.1) is 29.6 Å². The third-order valence-electron chi connectivity index (χ3n) is 7.37. The number of rotatable bonds is 3. The highest BCUT2D eigenvalue weighted by Gasteiger charge is 2.70. The third kappa shape index (κ3) is 2.45. The number of hydrogen-bond donors (Lipinski definition) is 0. The third-order valence-corrected chi connectivity index (χ3v) is 7.70. The Kier molecular flexibility index (Phi) is 3.93. The van der Waals surface area contributed by atoms with Gasteiger partial charge < -0.3 is 4.84 Å². The Morgan fingerprint density at radius 2 is 1.68 bits per heavy atom. The van der Waals surface area contributed by atoms with Crippen LogP contribution in [-0.2, 0) is 14.4 Å². The van der Waals surface area contributed by atoms with Crippen molar-refractivity contribution in [2.75, 3.05) is 4.90 Å². The maximum atomic E-state index is 13.4. The number of fused-ring (bicyclic) bond motifs is 8. The monoisotopic (exact) mass is 434 g/mol. The van der Waals surface area contributed by atoms with Crippen molar-refractivity contribution in [2.24, 2.45) is 34.7 Å². The van der Waals surface area contributed by atoms with Crippen LogP contribution in [0.15, 0.2) is 53.7 Å². The van der Waals surface area contributed by atoms with Crippen LogP contribution >= 0.6 is 11.6 Å². The Morgan fingerprint density at radius 1 is 1.00 bits per heavy atom. The number of amides is 2. The molecule has 2 heterocycles. The lowest BCUT2D eigenvalue weighted by atomic mass is 9.71. The van der Waals surface area contributed by atoms with Gasteiger partial charge in [-0.15, -0.1) is 0 Å². The van der Waals surface area contributed by atoms with Crippen LogP contribution in [0.1, 0.15) is 29.3 Å². The smallest absolute Gasteiger partial charge is 0.238 e. The number of hydrogen-bond acceptors (Lipinski definition) is 5. The Balaban J connectivity index is 1.34. The standard InChI is InChI=1S/C24H19ClN2O4/c1-11(28)12-6-8-13(9-7-12)27-23(29)18-15-10-16(19(18)24(27)30)22-20(15)21(26-31-22)14-4-2-3-5-17(14)25/h2-9,15-16,18-20,22H,10H2,1H3/t15-,16-,18+,19-,20-,22+/m1/s1. The topological polar surface area (TPSA) is 76.0 Å². The summed E-state index contributed by atoms with van der Waals surface area (Å²) < 4.78 is 0. The second kappa shape index (κ2) is 6.50. The first-order valence-electron chi connectivity index (χ1n) is 10.4. The van der Waals surface area contributed by atoms with Crippen molar-refractivity contribution >= 4 is 40.6 Å². The van der Waals surface area contributed by atoms with Crippen molar-refractivity contribution in [3.05, 3.63) is 64.7 Å². The fourth-order valence-corrected chi connectivity index (χ4v) is 6.35. The number of benzene rings is 2. The molecule has 0 N–H and O–H groups in total. The lowest BCUT2D eigenvalue weighted by molar-refractivity contribution is -0.125. The van der Waals surface area contributed by atoms with Crippen LogP contribution < -0.4 is 4.90 Å². The molecule has 156 valence electrons. The van der Waals surface area contributed by atoms with Crippen molar-refractivity contribution in [3.8, 4) is 0 Å². The van der Waals surface area contributed by atoms with E-state index >= 15 is 0 Å². The number of halogens is 1. The summed E-state index contributed by atoms with van der Waals surface area (Å²) in [5, 5.41) is 4.94. The van der Waals surface area contributed by atoms with E-state index in [2.05, 4.69) is 5.16 Å². The lowest BCUT2D eigenvalue weighted by Crippen LogP contribution is -2.41. The van der Waals surface area contributed by atoms with E-state index < -0.39 is 0 Å². The number of nitrogens with zero attached hydrogens (tertiary/aromatic N) is 2. The molecule has 0 unspecified atom stereocenters. The highest BCUT2D eigenvalue weighted by atomic mass is 35.5. The normalized spacial score (nSPS) is 32.7. The molecule has 2 amide bonds. The summed E-state index contributed by atoms with van der Waals surface area (Å²) in [4.78, 5) is 45.4. The average Bonchev–Trinajstić information content (AvgIpc) is 3.49. The second-order valence-corrected chi connectivity index (χ2v) is 9.19. The lowest BCUT2D eigenvalue weighted by Gasteiger charge is -2.30. The van der Waals surface area contributed by atoms with E-state index in [1.807, 2.05) is 24.3 Å². The van der Waals surface area contributed by atoms with Gasteiger partial charge in [0, 0.05) is 28.0 Å². The molecule has 6 nitrogen and oxygen atoms in total. The van der Waals surface area contributed by atoms with Crippen molar-refractivity contribution in [1.29, 1.82) is 0 Å². The van der Waals surface area contributed by atoms with Crippen LogP contribution in [0.3, 0.4) is 0 Å². The molecule has 6 atom stereocenters. The molecule has 1 saturated heterocycles. The largest absolute Gasteiger partial charge is 0.391 e. The molecule has 2 aromatic carbocycles. The Bertz CT molecular complexity index is 1170. The summed E-state index contributed by atoms with van der Waals surface area (Å²) >= 11 is 6.41. The molecule has 2 aliphatic carbocycles. The predicted octanol–water partition coefficient (Wildman–Crippen LogP) is 3.72. The average molecular weight is 435 g/mol. The van der Waals surface area contributed by atoms with Gasteiger partial charge in [-0.2, -0.15) is 0 Å². The number of Topliss-reactive ketones (excluding diaryl/α,β-unsaturated/α-hetero) is 1. The van der Waals surface area contributed by atoms with Gasteiger partial charge in [0.05, 0.1) is 23.2 Å². The molecule has 0 spiro atoms. The van der Waals surface area contributed by atoms with Crippen molar-refractivity contribution in [1.82, 2.24) is 0 Å². The van der Waals surface area contributed by atoms with Crippen molar-refractivity contribution < 1.29 is 19.2 Å². The van der Waals surface area contributed by atoms with E-state index in [4.69, 9.17) is 16.4 Å². The van der Waals surface area contributed by atoms with E-state index in [9.17, 15) is 14.4 Å². The summed E-state index contributed by atoms with van der Waals surface area (Å²) in [6.07, 6.45) is 0.581. The quantitative estimate of drug-likeness (QED) is 0.545. The minimum Gasteiger partial charge on any atom is -0.391 e. The summed E-state index contributed by atoms with van der Waals surface area (Å²) in [6, 6.07) is 14.2.